The number of fused-ring (bicyclic) bond motifs is 5. The molecule has 6 rings (SSSR count). The summed E-state index contributed by atoms with van der Waals surface area (Å²) in [6, 6.07) is 32.3. The van der Waals surface area contributed by atoms with Crippen molar-refractivity contribution in [3.8, 4) is 22.3 Å². The van der Waals surface area contributed by atoms with Crippen LogP contribution in [0.25, 0.3) is 54.8 Å². The van der Waals surface area contributed by atoms with Crippen LogP contribution < -0.4 is 0 Å². The van der Waals surface area contributed by atoms with E-state index in [4.69, 9.17) is 0 Å². The molecule has 6 aromatic rings. The van der Waals surface area contributed by atoms with E-state index in [-0.39, 0.29) is 0 Å². The zero-order chi connectivity index (χ0) is 19.2. The standard InChI is InChI=1S/C27H18N2/c1-2-12-25-23(10-1)24-14-13-18-6-4-11-22(26(18)27(24)29-25)20-8-3-7-19(16-20)21-9-5-15-28-17-21/h1-17,29H. The average Bonchev–Trinajstić information content (AvgIpc) is 3.18. The molecule has 29 heavy (non-hydrogen) atoms. The molecule has 0 saturated carbocycles. The van der Waals surface area contributed by atoms with Gasteiger partial charge in [0.05, 0.1) is 5.52 Å². The number of nitrogens with one attached hydrogen (secondary N) is 1. The minimum atomic E-state index is 1.13. The van der Waals surface area contributed by atoms with Crippen molar-refractivity contribution in [2.45, 2.75) is 0 Å². The zero-order valence-electron chi connectivity index (χ0n) is 15.8. The molecule has 4 aromatic carbocycles. The maximum atomic E-state index is 4.27. The summed E-state index contributed by atoms with van der Waals surface area (Å²) in [7, 11) is 0. The van der Waals surface area contributed by atoms with Crippen molar-refractivity contribution in [1.82, 2.24) is 9.97 Å². The summed E-state index contributed by atoms with van der Waals surface area (Å²) in [5.41, 5.74) is 7.13. The minimum absolute atomic E-state index is 1.13. The van der Waals surface area contributed by atoms with E-state index in [9.17, 15) is 0 Å². The monoisotopic (exact) mass is 370 g/mol. The van der Waals surface area contributed by atoms with E-state index in [0.29, 0.717) is 0 Å². The van der Waals surface area contributed by atoms with Crippen LogP contribution in [0.15, 0.2) is 103 Å². The van der Waals surface area contributed by atoms with Gasteiger partial charge in [0.2, 0.25) is 0 Å². The van der Waals surface area contributed by atoms with Gasteiger partial charge in [0.15, 0.2) is 0 Å². The zero-order valence-corrected chi connectivity index (χ0v) is 15.8. The topological polar surface area (TPSA) is 28.7 Å². The first kappa shape index (κ1) is 16.1. The molecule has 0 saturated heterocycles. The largest absolute Gasteiger partial charge is 0.354 e. The maximum absolute atomic E-state index is 4.27. The van der Waals surface area contributed by atoms with Crippen molar-refractivity contribution in [3.63, 3.8) is 0 Å². The normalized spacial score (nSPS) is 11.4. The van der Waals surface area contributed by atoms with Crippen LogP contribution in [0.4, 0.5) is 0 Å². The Morgan fingerprint density at radius 1 is 0.621 bits per heavy atom. The Bertz CT molecular complexity index is 1490. The summed E-state index contributed by atoms with van der Waals surface area (Å²) in [5.74, 6) is 0. The third-order valence-electron chi connectivity index (χ3n) is 5.69. The van der Waals surface area contributed by atoms with Crippen molar-refractivity contribution in [1.29, 1.82) is 0 Å². The predicted octanol–water partition coefficient (Wildman–Crippen LogP) is 7.20. The van der Waals surface area contributed by atoms with Gasteiger partial charge in [-0.25, -0.2) is 0 Å². The lowest BCUT2D eigenvalue weighted by atomic mass is 9.94. The van der Waals surface area contributed by atoms with Gasteiger partial charge in [0, 0.05) is 39.6 Å². The second kappa shape index (κ2) is 6.32. The number of para-hydroxylation sites is 1. The number of nitrogens with zero attached hydrogens (tertiary/aromatic N) is 1. The summed E-state index contributed by atoms with van der Waals surface area (Å²) >= 11 is 0. The number of pyridine rings is 1. The van der Waals surface area contributed by atoms with Crippen LogP contribution in [0.5, 0.6) is 0 Å². The number of hydrogen-bond donors (Lipinski definition) is 1. The van der Waals surface area contributed by atoms with Gasteiger partial charge in [-0.05, 0) is 40.3 Å². The maximum Gasteiger partial charge on any atom is 0.0550 e. The average molecular weight is 370 g/mol. The van der Waals surface area contributed by atoms with Gasteiger partial charge in [-0.2, -0.15) is 0 Å². The second-order valence-electron chi connectivity index (χ2n) is 7.38. The smallest absolute Gasteiger partial charge is 0.0550 e. The highest BCUT2D eigenvalue weighted by molar-refractivity contribution is 6.20. The molecule has 2 nitrogen and oxygen atoms in total. The van der Waals surface area contributed by atoms with Gasteiger partial charge < -0.3 is 4.98 Å². The van der Waals surface area contributed by atoms with Gasteiger partial charge in [-0.1, -0.05) is 72.8 Å². The van der Waals surface area contributed by atoms with E-state index in [1.54, 1.807) is 0 Å². The molecule has 1 N–H and O–H groups in total. The predicted molar refractivity (Wildman–Crippen MR) is 122 cm³/mol. The minimum Gasteiger partial charge on any atom is -0.354 e. The fourth-order valence-corrected chi connectivity index (χ4v) is 4.34. The highest BCUT2D eigenvalue weighted by Crippen LogP contribution is 2.37. The quantitative estimate of drug-likeness (QED) is 0.343. The lowest BCUT2D eigenvalue weighted by Crippen LogP contribution is -1.85. The Morgan fingerprint density at radius 2 is 1.48 bits per heavy atom. The van der Waals surface area contributed by atoms with E-state index in [1.165, 1.54) is 49.3 Å². The van der Waals surface area contributed by atoms with Crippen LogP contribution in [0, 0.1) is 0 Å². The number of rotatable bonds is 2. The molecule has 0 amide bonds. The van der Waals surface area contributed by atoms with Crippen LogP contribution in [-0.2, 0) is 0 Å². The van der Waals surface area contributed by atoms with Crippen molar-refractivity contribution >= 4 is 32.6 Å². The number of aromatic amines is 1. The number of H-pyrrole nitrogens is 1. The number of aromatic nitrogens is 2. The molecule has 0 unspecified atom stereocenters. The molecule has 0 bridgehead atoms. The Morgan fingerprint density at radius 3 is 2.41 bits per heavy atom. The Kier molecular flexibility index (Phi) is 3.50. The van der Waals surface area contributed by atoms with Crippen molar-refractivity contribution in [3.05, 3.63) is 103 Å². The first-order valence-electron chi connectivity index (χ1n) is 9.81. The van der Waals surface area contributed by atoms with E-state index in [1.807, 2.05) is 18.5 Å². The Hall–Kier alpha value is -3.91. The van der Waals surface area contributed by atoms with Gasteiger partial charge in [0.1, 0.15) is 0 Å². The molecule has 0 radical (unpaired) electrons. The molecular formula is C27H18N2. The summed E-state index contributed by atoms with van der Waals surface area (Å²) in [5, 5.41) is 5.05. The molecule has 2 heteroatoms. The van der Waals surface area contributed by atoms with E-state index in [0.717, 1.165) is 5.56 Å². The molecule has 2 heterocycles. The fourth-order valence-electron chi connectivity index (χ4n) is 4.34. The third-order valence-corrected chi connectivity index (χ3v) is 5.69. The van der Waals surface area contributed by atoms with Crippen molar-refractivity contribution in [2.24, 2.45) is 0 Å². The summed E-state index contributed by atoms with van der Waals surface area (Å²) in [6.07, 6.45) is 3.73. The second-order valence-corrected chi connectivity index (χ2v) is 7.38. The van der Waals surface area contributed by atoms with Gasteiger partial charge in [-0.15, -0.1) is 0 Å². The molecule has 0 spiro atoms. The van der Waals surface area contributed by atoms with Crippen LogP contribution >= 0.6 is 0 Å². The number of hydrogen-bond acceptors (Lipinski definition) is 1. The van der Waals surface area contributed by atoms with Crippen molar-refractivity contribution in [2.75, 3.05) is 0 Å². The Balaban J connectivity index is 1.66. The number of benzene rings is 4. The fraction of sp³-hybridized carbons (Fsp3) is 0. The molecule has 0 aliphatic heterocycles. The third kappa shape index (κ3) is 2.54. The van der Waals surface area contributed by atoms with Gasteiger partial charge >= 0.3 is 0 Å². The molecule has 2 aromatic heterocycles. The molecule has 0 fully saturated rings. The van der Waals surface area contributed by atoms with E-state index < -0.39 is 0 Å². The highest BCUT2D eigenvalue weighted by Gasteiger charge is 2.12. The molecule has 0 aliphatic carbocycles. The molecule has 136 valence electrons. The SMILES string of the molecule is c1cncc(-c2cccc(-c3cccc4ccc5c6ccccc6[nH]c5c34)c2)c1. The van der Waals surface area contributed by atoms with Crippen LogP contribution in [0.1, 0.15) is 0 Å². The van der Waals surface area contributed by atoms with Crippen LogP contribution in [-0.4, -0.2) is 9.97 Å². The van der Waals surface area contributed by atoms with Gasteiger partial charge in [-0.3, -0.25) is 4.98 Å². The van der Waals surface area contributed by atoms with Gasteiger partial charge in [0.25, 0.3) is 0 Å². The summed E-state index contributed by atoms with van der Waals surface area (Å²) < 4.78 is 0. The lowest BCUT2D eigenvalue weighted by molar-refractivity contribution is 1.33. The summed E-state index contributed by atoms with van der Waals surface area (Å²) in [4.78, 5) is 7.94. The van der Waals surface area contributed by atoms with Crippen LogP contribution in [0.3, 0.4) is 0 Å². The molecule has 0 aliphatic rings. The highest BCUT2D eigenvalue weighted by atomic mass is 14.7. The Labute approximate surface area is 168 Å². The van der Waals surface area contributed by atoms with Crippen molar-refractivity contribution < 1.29 is 0 Å². The molecular weight excluding hydrogens is 352 g/mol. The molecule has 0 atom stereocenters. The summed E-state index contributed by atoms with van der Waals surface area (Å²) in [6.45, 7) is 0. The first-order valence-corrected chi connectivity index (χ1v) is 9.81. The van der Waals surface area contributed by atoms with E-state index in [2.05, 4.69) is 94.9 Å². The van der Waals surface area contributed by atoms with Crippen LogP contribution in [0.2, 0.25) is 0 Å². The van der Waals surface area contributed by atoms with E-state index >= 15 is 0 Å². The first-order chi connectivity index (χ1) is 14.4. The lowest BCUT2D eigenvalue weighted by Gasteiger charge is -2.10.